The fourth-order valence-electron chi connectivity index (χ4n) is 1.37. The summed E-state index contributed by atoms with van der Waals surface area (Å²) in [4.78, 5) is 8.42. The number of anilines is 1. The summed E-state index contributed by atoms with van der Waals surface area (Å²) in [5.74, 6) is 0.597. The molecular weight excluding hydrogens is 200 g/mol. The van der Waals surface area contributed by atoms with Crippen molar-refractivity contribution in [1.82, 2.24) is 9.97 Å². The molecule has 16 heavy (non-hydrogen) atoms. The Morgan fingerprint density at radius 3 is 2.69 bits per heavy atom. The van der Waals surface area contributed by atoms with Gasteiger partial charge in [-0.05, 0) is 0 Å². The maximum atomic E-state index is 8.64. The van der Waals surface area contributed by atoms with Crippen LogP contribution >= 0.6 is 0 Å². The van der Waals surface area contributed by atoms with Gasteiger partial charge in [0.1, 0.15) is 0 Å². The van der Waals surface area contributed by atoms with Crippen LogP contribution in [0.25, 0.3) is 11.4 Å². The average molecular weight is 210 g/mol. The minimum Gasteiger partial charge on any atom is -0.396 e. The van der Waals surface area contributed by atoms with Gasteiger partial charge in [-0.3, -0.25) is 0 Å². The number of hydrogen-bond acceptors (Lipinski definition) is 4. The van der Waals surface area contributed by atoms with E-state index < -0.39 is 0 Å². The van der Waals surface area contributed by atoms with E-state index in [0.29, 0.717) is 17.2 Å². The molecule has 0 aliphatic rings. The van der Waals surface area contributed by atoms with Crippen LogP contribution in [0.1, 0.15) is 5.69 Å². The summed E-state index contributed by atoms with van der Waals surface area (Å²) in [6.45, 7) is 0. The second kappa shape index (κ2) is 4.41. The average Bonchev–Trinajstić information content (AvgIpc) is 2.33. The molecule has 2 N–H and O–H groups in total. The lowest BCUT2D eigenvalue weighted by Crippen LogP contribution is -2.00. The number of benzene rings is 1. The lowest BCUT2D eigenvalue weighted by Gasteiger charge is -2.03. The molecule has 1 aromatic heterocycles. The summed E-state index contributed by atoms with van der Waals surface area (Å²) < 4.78 is 0. The topological polar surface area (TPSA) is 75.6 Å². The smallest absolute Gasteiger partial charge is 0.159 e. The molecule has 2 rings (SSSR count). The Labute approximate surface area is 93.4 Å². The van der Waals surface area contributed by atoms with Crippen LogP contribution in [-0.2, 0) is 6.42 Å². The van der Waals surface area contributed by atoms with Gasteiger partial charge in [0, 0.05) is 5.56 Å². The molecule has 78 valence electrons. The van der Waals surface area contributed by atoms with E-state index in [9.17, 15) is 0 Å². The van der Waals surface area contributed by atoms with E-state index in [4.69, 9.17) is 11.0 Å². The lowest BCUT2D eigenvalue weighted by molar-refractivity contribution is 1.07. The van der Waals surface area contributed by atoms with Crippen molar-refractivity contribution in [3.8, 4) is 17.5 Å². The summed E-state index contributed by atoms with van der Waals surface area (Å²) in [5, 5.41) is 8.64. The van der Waals surface area contributed by atoms with Crippen molar-refractivity contribution in [3.63, 3.8) is 0 Å². The molecular formula is C12H10N4. The maximum absolute atomic E-state index is 8.64. The molecule has 1 heterocycles. The zero-order chi connectivity index (χ0) is 11.4. The molecule has 0 radical (unpaired) electrons. The molecule has 0 unspecified atom stereocenters. The molecule has 0 saturated heterocycles. The van der Waals surface area contributed by atoms with E-state index in [0.717, 1.165) is 5.56 Å². The molecule has 0 aliphatic heterocycles. The number of nitriles is 1. The zero-order valence-electron chi connectivity index (χ0n) is 8.59. The quantitative estimate of drug-likeness (QED) is 0.819. The van der Waals surface area contributed by atoms with Gasteiger partial charge in [0.25, 0.3) is 0 Å². The van der Waals surface area contributed by atoms with Crippen molar-refractivity contribution in [3.05, 3.63) is 42.2 Å². The minimum absolute atomic E-state index is 0.203. The molecule has 0 aliphatic carbocycles. The van der Waals surface area contributed by atoms with E-state index >= 15 is 0 Å². The van der Waals surface area contributed by atoms with Gasteiger partial charge in [-0.2, -0.15) is 5.26 Å². The Morgan fingerprint density at radius 1 is 1.25 bits per heavy atom. The first-order chi connectivity index (χ1) is 7.81. The predicted octanol–water partition coefficient (Wildman–Crippen LogP) is 1.79. The van der Waals surface area contributed by atoms with Gasteiger partial charge in [0.2, 0.25) is 0 Å². The Bertz CT molecular complexity index is 528. The summed E-state index contributed by atoms with van der Waals surface area (Å²) in [6.07, 6.45) is 1.75. The van der Waals surface area contributed by atoms with E-state index in [1.165, 1.54) is 0 Å². The first-order valence-corrected chi connectivity index (χ1v) is 4.85. The monoisotopic (exact) mass is 210 g/mol. The second-order valence-corrected chi connectivity index (χ2v) is 3.30. The van der Waals surface area contributed by atoms with Crippen LogP contribution < -0.4 is 5.73 Å². The summed E-state index contributed by atoms with van der Waals surface area (Å²) in [5.41, 5.74) is 7.64. The second-order valence-electron chi connectivity index (χ2n) is 3.30. The fraction of sp³-hybridized carbons (Fsp3) is 0.0833. The molecule has 0 bridgehead atoms. The van der Waals surface area contributed by atoms with Crippen LogP contribution in [0.3, 0.4) is 0 Å². The molecule has 2 aromatic rings. The highest BCUT2D eigenvalue weighted by atomic mass is 14.9. The van der Waals surface area contributed by atoms with E-state index in [-0.39, 0.29) is 6.42 Å². The predicted molar refractivity (Wildman–Crippen MR) is 61.2 cm³/mol. The largest absolute Gasteiger partial charge is 0.396 e. The van der Waals surface area contributed by atoms with Crippen LogP contribution in [0.15, 0.2) is 36.5 Å². The first-order valence-electron chi connectivity index (χ1n) is 4.85. The highest BCUT2D eigenvalue weighted by molar-refractivity contribution is 5.57. The van der Waals surface area contributed by atoms with Gasteiger partial charge in [-0.15, -0.1) is 0 Å². The van der Waals surface area contributed by atoms with E-state index in [1.807, 2.05) is 36.4 Å². The Hall–Kier alpha value is -2.41. The van der Waals surface area contributed by atoms with E-state index in [1.54, 1.807) is 6.20 Å². The fourth-order valence-corrected chi connectivity index (χ4v) is 1.37. The van der Waals surface area contributed by atoms with Crippen molar-refractivity contribution in [2.45, 2.75) is 6.42 Å². The normalized spacial score (nSPS) is 9.69. The third kappa shape index (κ3) is 1.98. The van der Waals surface area contributed by atoms with Crippen molar-refractivity contribution >= 4 is 5.69 Å². The molecule has 4 nitrogen and oxygen atoms in total. The van der Waals surface area contributed by atoms with Gasteiger partial charge in [0.15, 0.2) is 5.82 Å². The van der Waals surface area contributed by atoms with Gasteiger partial charge < -0.3 is 5.73 Å². The van der Waals surface area contributed by atoms with Gasteiger partial charge in [-0.1, -0.05) is 30.3 Å². The van der Waals surface area contributed by atoms with Gasteiger partial charge in [0.05, 0.1) is 30.1 Å². The van der Waals surface area contributed by atoms with Crippen molar-refractivity contribution < 1.29 is 0 Å². The zero-order valence-corrected chi connectivity index (χ0v) is 8.59. The van der Waals surface area contributed by atoms with Crippen molar-refractivity contribution in [1.29, 1.82) is 5.26 Å². The number of nitrogen functional groups attached to an aromatic ring is 1. The lowest BCUT2D eigenvalue weighted by atomic mass is 10.2. The summed E-state index contributed by atoms with van der Waals surface area (Å²) in [6, 6.07) is 11.6. The van der Waals surface area contributed by atoms with Crippen LogP contribution in [-0.4, -0.2) is 9.97 Å². The Balaban J connectivity index is 2.45. The highest BCUT2D eigenvalue weighted by Gasteiger charge is 2.05. The first kappa shape index (κ1) is 10.1. The number of rotatable bonds is 2. The molecule has 0 amide bonds. The molecule has 0 fully saturated rings. The third-order valence-corrected chi connectivity index (χ3v) is 2.18. The number of nitrogens with two attached hydrogens (primary N) is 1. The third-order valence-electron chi connectivity index (χ3n) is 2.18. The van der Waals surface area contributed by atoms with Crippen LogP contribution in [0, 0.1) is 11.3 Å². The van der Waals surface area contributed by atoms with Crippen LogP contribution in [0.2, 0.25) is 0 Å². The number of hydrogen-bond donors (Lipinski definition) is 1. The maximum Gasteiger partial charge on any atom is 0.159 e. The van der Waals surface area contributed by atoms with Crippen LogP contribution in [0.5, 0.6) is 0 Å². The van der Waals surface area contributed by atoms with Gasteiger partial charge >= 0.3 is 0 Å². The van der Waals surface area contributed by atoms with Crippen LogP contribution in [0.4, 0.5) is 5.69 Å². The van der Waals surface area contributed by atoms with Crippen molar-refractivity contribution in [2.75, 3.05) is 5.73 Å². The minimum atomic E-state index is 0.203. The van der Waals surface area contributed by atoms with Crippen molar-refractivity contribution in [2.24, 2.45) is 0 Å². The summed E-state index contributed by atoms with van der Waals surface area (Å²) in [7, 11) is 0. The van der Waals surface area contributed by atoms with Gasteiger partial charge in [-0.25, -0.2) is 9.97 Å². The highest BCUT2D eigenvalue weighted by Crippen LogP contribution is 2.17. The molecule has 0 atom stereocenters. The molecule has 0 saturated carbocycles. The number of aromatic nitrogens is 2. The molecule has 0 spiro atoms. The Kier molecular flexibility index (Phi) is 2.79. The molecule has 4 heteroatoms. The van der Waals surface area contributed by atoms with E-state index in [2.05, 4.69) is 9.97 Å². The SMILES string of the molecule is N#CCc1nc(-c2ccccc2)ncc1N. The standard InChI is InChI=1S/C12H10N4/c13-7-6-11-10(14)8-15-12(16-11)9-4-2-1-3-5-9/h1-5,8H,6,14H2. The Morgan fingerprint density at radius 2 is 2.00 bits per heavy atom. The summed E-state index contributed by atoms with van der Waals surface area (Å²) >= 11 is 0. The molecule has 1 aromatic carbocycles. The number of nitrogens with zero attached hydrogens (tertiary/aromatic N) is 3.